The van der Waals surface area contributed by atoms with Crippen molar-refractivity contribution in [2.45, 2.75) is 24.6 Å². The first kappa shape index (κ1) is 11.4. The van der Waals surface area contributed by atoms with Gasteiger partial charge >= 0.3 is 0 Å². The molecule has 0 aromatic heterocycles. The Labute approximate surface area is 89.4 Å². The van der Waals surface area contributed by atoms with Gasteiger partial charge in [0.25, 0.3) is 0 Å². The standard InChI is InChI=1S/C10H16N2OS/c1-3-8(4-2)12-10(13)9-7-11-5-6-14-9/h1,8-9,11H,4-7H2,2H3,(H,12,13). The molecule has 0 aliphatic carbocycles. The van der Waals surface area contributed by atoms with E-state index in [1.807, 2.05) is 6.92 Å². The van der Waals surface area contributed by atoms with Gasteiger partial charge in [0, 0.05) is 18.8 Å². The smallest absolute Gasteiger partial charge is 0.235 e. The summed E-state index contributed by atoms with van der Waals surface area (Å²) in [7, 11) is 0. The maximum absolute atomic E-state index is 11.7. The molecule has 1 aliphatic heterocycles. The van der Waals surface area contributed by atoms with E-state index >= 15 is 0 Å². The molecule has 4 heteroatoms. The molecule has 0 spiro atoms. The van der Waals surface area contributed by atoms with Crippen molar-refractivity contribution in [3.63, 3.8) is 0 Å². The van der Waals surface area contributed by atoms with Crippen molar-refractivity contribution < 1.29 is 4.79 Å². The third-order valence-electron chi connectivity index (χ3n) is 2.15. The van der Waals surface area contributed by atoms with Gasteiger partial charge in [-0.2, -0.15) is 0 Å². The lowest BCUT2D eigenvalue weighted by molar-refractivity contribution is -0.120. The van der Waals surface area contributed by atoms with Gasteiger partial charge in [-0.15, -0.1) is 18.2 Å². The van der Waals surface area contributed by atoms with E-state index in [1.54, 1.807) is 11.8 Å². The van der Waals surface area contributed by atoms with Crippen LogP contribution in [0.2, 0.25) is 0 Å². The van der Waals surface area contributed by atoms with Gasteiger partial charge in [0.1, 0.15) is 0 Å². The summed E-state index contributed by atoms with van der Waals surface area (Å²) in [5.41, 5.74) is 0. The molecule has 1 amide bonds. The van der Waals surface area contributed by atoms with Gasteiger partial charge < -0.3 is 10.6 Å². The van der Waals surface area contributed by atoms with Crippen molar-refractivity contribution in [3.05, 3.63) is 0 Å². The Kier molecular flexibility index (Phi) is 4.85. The normalized spacial score (nSPS) is 23.6. The van der Waals surface area contributed by atoms with Gasteiger partial charge in [-0.3, -0.25) is 4.79 Å². The van der Waals surface area contributed by atoms with E-state index in [4.69, 9.17) is 6.42 Å². The van der Waals surface area contributed by atoms with Crippen LogP contribution in [-0.2, 0) is 4.79 Å². The number of hydrogen-bond acceptors (Lipinski definition) is 3. The fraction of sp³-hybridized carbons (Fsp3) is 0.700. The summed E-state index contributed by atoms with van der Waals surface area (Å²) in [5, 5.41) is 6.06. The van der Waals surface area contributed by atoms with Gasteiger partial charge in [-0.1, -0.05) is 12.8 Å². The van der Waals surface area contributed by atoms with E-state index in [0.29, 0.717) is 0 Å². The largest absolute Gasteiger partial charge is 0.341 e. The predicted molar refractivity (Wildman–Crippen MR) is 60.2 cm³/mol. The van der Waals surface area contributed by atoms with E-state index < -0.39 is 0 Å². The van der Waals surface area contributed by atoms with Gasteiger partial charge in [-0.05, 0) is 6.42 Å². The summed E-state index contributed by atoms with van der Waals surface area (Å²) >= 11 is 1.69. The highest BCUT2D eigenvalue weighted by Gasteiger charge is 2.22. The lowest BCUT2D eigenvalue weighted by Crippen LogP contribution is -2.46. The van der Waals surface area contributed by atoms with Gasteiger partial charge in [0.15, 0.2) is 0 Å². The van der Waals surface area contributed by atoms with Crippen LogP contribution in [0.25, 0.3) is 0 Å². The van der Waals surface area contributed by atoms with Crippen molar-refractivity contribution in [2.24, 2.45) is 0 Å². The van der Waals surface area contributed by atoms with Gasteiger partial charge in [0.05, 0.1) is 11.3 Å². The molecule has 1 rings (SSSR count). The van der Waals surface area contributed by atoms with Crippen LogP contribution in [-0.4, -0.2) is 36.0 Å². The van der Waals surface area contributed by atoms with Crippen LogP contribution < -0.4 is 10.6 Å². The first-order valence-electron chi connectivity index (χ1n) is 4.86. The highest BCUT2D eigenvalue weighted by atomic mass is 32.2. The number of carbonyl (C=O) groups is 1. The molecule has 78 valence electrons. The van der Waals surface area contributed by atoms with E-state index in [1.165, 1.54) is 0 Å². The molecule has 0 aromatic rings. The quantitative estimate of drug-likeness (QED) is 0.658. The molecule has 1 heterocycles. The highest BCUT2D eigenvalue weighted by molar-refractivity contribution is 8.00. The second-order valence-corrected chi connectivity index (χ2v) is 4.51. The highest BCUT2D eigenvalue weighted by Crippen LogP contribution is 2.13. The minimum atomic E-state index is -0.120. The molecular formula is C10H16N2OS. The number of amides is 1. The monoisotopic (exact) mass is 212 g/mol. The summed E-state index contributed by atoms with van der Waals surface area (Å²) in [6.45, 7) is 3.70. The zero-order valence-corrected chi connectivity index (χ0v) is 9.19. The summed E-state index contributed by atoms with van der Waals surface area (Å²) in [5.74, 6) is 3.61. The summed E-state index contributed by atoms with van der Waals surface area (Å²) in [6.07, 6.45) is 6.06. The average molecular weight is 212 g/mol. The van der Waals surface area contributed by atoms with E-state index in [2.05, 4.69) is 16.6 Å². The molecule has 2 atom stereocenters. The Morgan fingerprint density at radius 3 is 3.14 bits per heavy atom. The zero-order valence-electron chi connectivity index (χ0n) is 8.38. The molecule has 1 saturated heterocycles. The zero-order chi connectivity index (χ0) is 10.4. The van der Waals surface area contributed by atoms with E-state index in [0.717, 1.165) is 25.3 Å². The molecular weight excluding hydrogens is 196 g/mol. The lowest BCUT2D eigenvalue weighted by atomic mass is 10.2. The maximum Gasteiger partial charge on any atom is 0.235 e. The van der Waals surface area contributed by atoms with Crippen molar-refractivity contribution in [3.8, 4) is 12.3 Å². The molecule has 0 saturated carbocycles. The minimum Gasteiger partial charge on any atom is -0.341 e. The minimum absolute atomic E-state index is 0.0196. The number of rotatable bonds is 3. The number of carbonyl (C=O) groups excluding carboxylic acids is 1. The molecule has 1 aliphatic rings. The molecule has 0 radical (unpaired) electrons. The first-order chi connectivity index (χ1) is 6.77. The second kappa shape index (κ2) is 5.94. The van der Waals surface area contributed by atoms with Crippen molar-refractivity contribution in [2.75, 3.05) is 18.8 Å². The number of terminal acetylenes is 1. The van der Waals surface area contributed by atoms with E-state index in [-0.39, 0.29) is 17.2 Å². The molecule has 2 unspecified atom stereocenters. The topological polar surface area (TPSA) is 41.1 Å². The van der Waals surface area contributed by atoms with Crippen LogP contribution in [0.5, 0.6) is 0 Å². The van der Waals surface area contributed by atoms with Gasteiger partial charge in [0.2, 0.25) is 5.91 Å². The van der Waals surface area contributed by atoms with Crippen LogP contribution >= 0.6 is 11.8 Å². The molecule has 0 bridgehead atoms. The van der Waals surface area contributed by atoms with Crippen LogP contribution in [0.15, 0.2) is 0 Å². The molecule has 3 nitrogen and oxygen atoms in total. The van der Waals surface area contributed by atoms with Crippen LogP contribution in [0.4, 0.5) is 0 Å². The fourth-order valence-electron chi connectivity index (χ4n) is 1.26. The molecule has 0 aromatic carbocycles. The Hall–Kier alpha value is -0.660. The SMILES string of the molecule is C#CC(CC)NC(=O)C1CNCCS1. The Bertz CT molecular complexity index is 231. The number of hydrogen-bond donors (Lipinski definition) is 2. The maximum atomic E-state index is 11.7. The Morgan fingerprint density at radius 2 is 2.64 bits per heavy atom. The molecule has 1 fully saturated rings. The third-order valence-corrected chi connectivity index (χ3v) is 3.37. The predicted octanol–water partition coefficient (Wildman–Crippen LogP) is 0.219. The van der Waals surface area contributed by atoms with Gasteiger partial charge in [-0.25, -0.2) is 0 Å². The fourth-order valence-corrected chi connectivity index (χ4v) is 2.26. The summed E-state index contributed by atoms with van der Waals surface area (Å²) in [4.78, 5) is 11.7. The average Bonchev–Trinajstić information content (AvgIpc) is 2.26. The third kappa shape index (κ3) is 3.24. The van der Waals surface area contributed by atoms with Crippen molar-refractivity contribution in [1.29, 1.82) is 0 Å². The second-order valence-electron chi connectivity index (χ2n) is 3.20. The van der Waals surface area contributed by atoms with Crippen LogP contribution in [0.1, 0.15) is 13.3 Å². The molecule has 14 heavy (non-hydrogen) atoms. The summed E-state index contributed by atoms with van der Waals surface area (Å²) < 4.78 is 0. The lowest BCUT2D eigenvalue weighted by Gasteiger charge is -2.22. The first-order valence-corrected chi connectivity index (χ1v) is 5.91. The Balaban J connectivity index is 2.36. The molecule has 2 N–H and O–H groups in total. The van der Waals surface area contributed by atoms with E-state index in [9.17, 15) is 4.79 Å². The van der Waals surface area contributed by atoms with Crippen LogP contribution in [0, 0.1) is 12.3 Å². The van der Waals surface area contributed by atoms with Crippen molar-refractivity contribution >= 4 is 17.7 Å². The Morgan fingerprint density at radius 1 is 1.86 bits per heavy atom. The summed E-state index contributed by atoms with van der Waals surface area (Å²) in [6, 6.07) is -0.120. The number of nitrogens with one attached hydrogen (secondary N) is 2. The number of thioether (sulfide) groups is 1. The van der Waals surface area contributed by atoms with Crippen molar-refractivity contribution in [1.82, 2.24) is 10.6 Å². The van der Waals surface area contributed by atoms with Crippen LogP contribution in [0.3, 0.4) is 0 Å².